The SMILES string of the molecule is CC1(C)OC[C@H]([C@@H](OCc2ccccc2)[C@H](C=O)OCc2ccccc2)O1. The minimum absolute atomic E-state index is 0.326. The molecule has 1 fully saturated rings. The number of ether oxygens (including phenoxy) is 4. The molecule has 2 aromatic carbocycles. The van der Waals surface area contributed by atoms with Crippen molar-refractivity contribution >= 4 is 6.29 Å². The Morgan fingerprint density at radius 1 is 1.00 bits per heavy atom. The molecule has 0 unspecified atom stereocenters. The van der Waals surface area contributed by atoms with Gasteiger partial charge in [0.05, 0.1) is 19.8 Å². The van der Waals surface area contributed by atoms with Gasteiger partial charge in [-0.25, -0.2) is 0 Å². The maximum Gasteiger partial charge on any atom is 0.163 e. The summed E-state index contributed by atoms with van der Waals surface area (Å²) in [7, 11) is 0. The van der Waals surface area contributed by atoms with Crippen LogP contribution in [0.2, 0.25) is 0 Å². The minimum Gasteiger partial charge on any atom is -0.368 e. The number of carbonyl (C=O) groups is 1. The van der Waals surface area contributed by atoms with Gasteiger partial charge in [0, 0.05) is 0 Å². The molecule has 1 saturated heterocycles. The van der Waals surface area contributed by atoms with Crippen LogP contribution in [0.5, 0.6) is 0 Å². The molecule has 1 heterocycles. The molecule has 3 rings (SSSR count). The van der Waals surface area contributed by atoms with Crippen molar-refractivity contribution in [3.63, 3.8) is 0 Å². The van der Waals surface area contributed by atoms with Crippen molar-refractivity contribution in [3.8, 4) is 0 Å². The molecule has 3 atom stereocenters. The summed E-state index contributed by atoms with van der Waals surface area (Å²) in [5.74, 6) is -0.702. The molecule has 5 heteroatoms. The van der Waals surface area contributed by atoms with Crippen LogP contribution in [0.1, 0.15) is 25.0 Å². The minimum atomic E-state index is -0.753. The average molecular weight is 370 g/mol. The highest BCUT2D eigenvalue weighted by Gasteiger charge is 2.41. The van der Waals surface area contributed by atoms with Gasteiger partial charge in [-0.2, -0.15) is 0 Å². The van der Waals surface area contributed by atoms with Gasteiger partial charge in [-0.15, -0.1) is 0 Å². The lowest BCUT2D eigenvalue weighted by Crippen LogP contribution is -2.44. The van der Waals surface area contributed by atoms with Crippen LogP contribution in [0.4, 0.5) is 0 Å². The Morgan fingerprint density at radius 3 is 2.04 bits per heavy atom. The predicted molar refractivity (Wildman–Crippen MR) is 101 cm³/mol. The van der Waals surface area contributed by atoms with Crippen LogP contribution in [0.15, 0.2) is 60.7 Å². The van der Waals surface area contributed by atoms with E-state index in [2.05, 4.69) is 0 Å². The molecule has 1 aliphatic heterocycles. The van der Waals surface area contributed by atoms with Crippen molar-refractivity contribution in [1.29, 1.82) is 0 Å². The third-order valence-corrected chi connectivity index (χ3v) is 4.43. The first kappa shape index (κ1) is 19.7. The lowest BCUT2D eigenvalue weighted by molar-refractivity contribution is -0.179. The Balaban J connectivity index is 1.69. The largest absolute Gasteiger partial charge is 0.368 e. The van der Waals surface area contributed by atoms with E-state index < -0.39 is 18.0 Å². The van der Waals surface area contributed by atoms with Gasteiger partial charge in [-0.3, -0.25) is 0 Å². The highest BCUT2D eigenvalue weighted by atomic mass is 16.8. The number of benzene rings is 2. The second-order valence-electron chi connectivity index (χ2n) is 7.03. The molecule has 144 valence electrons. The molecular formula is C22H26O5. The summed E-state index contributed by atoms with van der Waals surface area (Å²) in [6, 6.07) is 19.6. The van der Waals surface area contributed by atoms with Crippen molar-refractivity contribution in [2.75, 3.05) is 6.61 Å². The fraction of sp³-hybridized carbons (Fsp3) is 0.409. The van der Waals surface area contributed by atoms with Gasteiger partial charge in [0.25, 0.3) is 0 Å². The number of hydrogen-bond acceptors (Lipinski definition) is 5. The van der Waals surface area contributed by atoms with E-state index >= 15 is 0 Å². The monoisotopic (exact) mass is 370 g/mol. The summed E-state index contributed by atoms with van der Waals surface area (Å²) in [4.78, 5) is 11.8. The summed E-state index contributed by atoms with van der Waals surface area (Å²) < 4.78 is 23.6. The maximum absolute atomic E-state index is 11.8. The molecule has 0 N–H and O–H groups in total. The van der Waals surface area contributed by atoms with Crippen molar-refractivity contribution in [2.45, 2.75) is 51.2 Å². The van der Waals surface area contributed by atoms with Crippen LogP contribution in [-0.4, -0.2) is 37.0 Å². The average Bonchev–Trinajstić information content (AvgIpc) is 3.05. The molecule has 0 aliphatic carbocycles. The zero-order chi connectivity index (χ0) is 19.1. The van der Waals surface area contributed by atoms with Crippen LogP contribution >= 0.6 is 0 Å². The third kappa shape index (κ3) is 5.71. The number of hydrogen-bond donors (Lipinski definition) is 0. The van der Waals surface area contributed by atoms with Gasteiger partial charge in [0.2, 0.25) is 0 Å². The first-order chi connectivity index (χ1) is 13.1. The van der Waals surface area contributed by atoms with Gasteiger partial charge >= 0.3 is 0 Å². The topological polar surface area (TPSA) is 54.0 Å². The van der Waals surface area contributed by atoms with E-state index in [1.165, 1.54) is 0 Å². The summed E-state index contributed by atoms with van der Waals surface area (Å²) in [5, 5.41) is 0. The van der Waals surface area contributed by atoms with Crippen molar-refractivity contribution in [2.24, 2.45) is 0 Å². The zero-order valence-electron chi connectivity index (χ0n) is 15.7. The Hall–Kier alpha value is -2.05. The Labute approximate surface area is 160 Å². The molecule has 0 aromatic heterocycles. The molecule has 1 aliphatic rings. The van der Waals surface area contributed by atoms with Crippen molar-refractivity contribution in [1.82, 2.24) is 0 Å². The molecule has 0 radical (unpaired) electrons. The second-order valence-corrected chi connectivity index (χ2v) is 7.03. The quantitative estimate of drug-likeness (QED) is 0.632. The highest BCUT2D eigenvalue weighted by Crippen LogP contribution is 2.28. The first-order valence-corrected chi connectivity index (χ1v) is 9.15. The predicted octanol–water partition coefficient (Wildman–Crippen LogP) is 3.51. The van der Waals surface area contributed by atoms with Crippen LogP contribution in [0.25, 0.3) is 0 Å². The summed E-state index contributed by atoms with van der Waals surface area (Å²) in [6.45, 7) is 4.74. The van der Waals surface area contributed by atoms with Gasteiger partial charge in [0.15, 0.2) is 12.1 Å². The summed E-state index contributed by atoms with van der Waals surface area (Å²) in [6.07, 6.45) is -0.910. The zero-order valence-corrected chi connectivity index (χ0v) is 15.7. The molecule has 0 bridgehead atoms. The fourth-order valence-electron chi connectivity index (χ4n) is 3.04. The summed E-state index contributed by atoms with van der Waals surface area (Å²) >= 11 is 0. The molecule has 0 spiro atoms. The normalized spacial score (nSPS) is 20.9. The van der Waals surface area contributed by atoms with Crippen molar-refractivity contribution in [3.05, 3.63) is 71.8 Å². The van der Waals surface area contributed by atoms with Crippen LogP contribution in [-0.2, 0) is 37.0 Å². The van der Waals surface area contributed by atoms with E-state index in [1.807, 2.05) is 74.5 Å². The molecular weight excluding hydrogens is 344 g/mol. The first-order valence-electron chi connectivity index (χ1n) is 9.15. The Kier molecular flexibility index (Phi) is 6.74. The molecule has 2 aromatic rings. The van der Waals surface area contributed by atoms with Crippen molar-refractivity contribution < 1.29 is 23.7 Å². The van der Waals surface area contributed by atoms with E-state index in [9.17, 15) is 4.79 Å². The van der Waals surface area contributed by atoms with Gasteiger partial charge in [-0.05, 0) is 25.0 Å². The molecule has 0 amide bonds. The van der Waals surface area contributed by atoms with E-state index in [-0.39, 0.29) is 6.10 Å². The molecule has 0 saturated carbocycles. The van der Waals surface area contributed by atoms with Gasteiger partial charge < -0.3 is 23.7 Å². The smallest absolute Gasteiger partial charge is 0.163 e. The molecule has 27 heavy (non-hydrogen) atoms. The van der Waals surface area contributed by atoms with Gasteiger partial charge in [-0.1, -0.05) is 60.7 Å². The lowest BCUT2D eigenvalue weighted by atomic mass is 10.1. The lowest BCUT2D eigenvalue weighted by Gasteiger charge is -2.28. The fourth-order valence-corrected chi connectivity index (χ4v) is 3.04. The maximum atomic E-state index is 11.8. The van der Waals surface area contributed by atoms with Gasteiger partial charge in [0.1, 0.15) is 18.3 Å². The number of rotatable bonds is 9. The second kappa shape index (κ2) is 9.24. The van der Waals surface area contributed by atoms with E-state index in [4.69, 9.17) is 18.9 Å². The van der Waals surface area contributed by atoms with Crippen LogP contribution in [0.3, 0.4) is 0 Å². The number of carbonyl (C=O) groups excluding carboxylic acids is 1. The van der Waals surface area contributed by atoms with E-state index in [0.717, 1.165) is 17.4 Å². The van der Waals surface area contributed by atoms with Crippen LogP contribution in [0, 0.1) is 0 Å². The number of aldehydes is 1. The highest BCUT2D eigenvalue weighted by molar-refractivity contribution is 5.57. The standard InChI is InChI=1S/C22H26O5/c1-22(2)26-16-20(27-22)21(25-15-18-11-7-4-8-12-18)19(13-23)24-14-17-9-5-3-6-10-17/h3-13,19-21H,14-16H2,1-2H3/t19-,20+,21-/m0/s1. The summed E-state index contributed by atoms with van der Waals surface area (Å²) in [5.41, 5.74) is 2.02. The Morgan fingerprint density at radius 2 is 1.56 bits per heavy atom. The van der Waals surface area contributed by atoms with E-state index in [0.29, 0.717) is 19.8 Å². The Bertz CT molecular complexity index is 701. The molecule has 5 nitrogen and oxygen atoms in total. The van der Waals surface area contributed by atoms with Crippen LogP contribution < -0.4 is 0 Å². The van der Waals surface area contributed by atoms with E-state index in [1.54, 1.807) is 0 Å². The third-order valence-electron chi connectivity index (χ3n) is 4.43.